The quantitative estimate of drug-likeness (QED) is 0.883. The Bertz CT molecular complexity index is 513. The molecule has 2 N–H and O–H groups in total. The fraction of sp³-hybridized carbons (Fsp3) is 0.417. The molecule has 0 amide bonds. The molecule has 3 nitrogen and oxygen atoms in total. The number of aromatic hydroxyl groups is 1. The monoisotopic (exact) mass is 338 g/mol. The Labute approximate surface area is 115 Å². The molecule has 0 aromatic heterocycles. The molecule has 19 heavy (non-hydrogen) atoms. The second kappa shape index (κ2) is 4.40. The van der Waals surface area contributed by atoms with Crippen molar-refractivity contribution in [2.75, 3.05) is 0 Å². The van der Waals surface area contributed by atoms with Crippen LogP contribution in [0.1, 0.15) is 30.4 Å². The predicted molar refractivity (Wildman–Crippen MR) is 64.0 cm³/mol. The van der Waals surface area contributed by atoms with Gasteiger partial charge in [0.25, 0.3) is 0 Å². The van der Waals surface area contributed by atoms with Gasteiger partial charge in [0.2, 0.25) is 0 Å². The Morgan fingerprint density at radius 1 is 1.37 bits per heavy atom. The molecule has 2 rings (SSSR count). The van der Waals surface area contributed by atoms with Crippen molar-refractivity contribution in [1.82, 2.24) is 0 Å². The van der Waals surface area contributed by atoms with Gasteiger partial charge in [-0.25, -0.2) is 0 Å². The fourth-order valence-electron chi connectivity index (χ4n) is 2.24. The summed E-state index contributed by atoms with van der Waals surface area (Å²) < 4.78 is 37.8. The lowest BCUT2D eigenvalue weighted by molar-refractivity contribution is -0.138. The zero-order valence-corrected chi connectivity index (χ0v) is 11.2. The van der Waals surface area contributed by atoms with E-state index in [1.807, 2.05) is 0 Å². The van der Waals surface area contributed by atoms with E-state index in [1.54, 1.807) is 0 Å². The van der Waals surface area contributed by atoms with E-state index >= 15 is 0 Å². The second-order valence-corrected chi connectivity index (χ2v) is 5.56. The maximum Gasteiger partial charge on any atom is 0.416 e. The molecule has 0 spiro atoms. The third-order valence-electron chi connectivity index (χ3n) is 3.27. The molecule has 0 atom stereocenters. The van der Waals surface area contributed by atoms with Crippen molar-refractivity contribution in [2.24, 2.45) is 0 Å². The highest BCUT2D eigenvalue weighted by atomic mass is 79.9. The number of phenolic OH excluding ortho intramolecular Hbond substituents is 1. The standard InChI is InChI=1S/C12H10BrF3O3/c13-7-3-6(12(14,15)16)4-8(17)10(7)11(1-2-11)5-9(18)19/h3-4,17H,1-2,5H2,(H,18,19). The Morgan fingerprint density at radius 3 is 2.32 bits per heavy atom. The molecule has 0 saturated heterocycles. The lowest BCUT2D eigenvalue weighted by Crippen LogP contribution is -2.15. The SMILES string of the molecule is O=C(O)CC1(c2c(O)cc(C(F)(F)F)cc2Br)CC1. The molecule has 0 unspecified atom stereocenters. The predicted octanol–water partition coefficient (Wildman–Crippen LogP) is 3.68. The third-order valence-corrected chi connectivity index (χ3v) is 3.90. The van der Waals surface area contributed by atoms with Gasteiger partial charge in [0.1, 0.15) is 5.75 Å². The zero-order chi connectivity index (χ0) is 14.4. The number of aliphatic carboxylic acids is 1. The van der Waals surface area contributed by atoms with Gasteiger partial charge in [-0.1, -0.05) is 15.9 Å². The maximum atomic E-state index is 12.6. The molecule has 1 aromatic rings. The molecule has 1 aromatic carbocycles. The third kappa shape index (κ3) is 2.70. The summed E-state index contributed by atoms with van der Waals surface area (Å²) in [5, 5.41) is 18.6. The minimum Gasteiger partial charge on any atom is -0.508 e. The van der Waals surface area contributed by atoms with Crippen LogP contribution < -0.4 is 0 Å². The van der Waals surface area contributed by atoms with Crippen LogP contribution in [-0.4, -0.2) is 16.2 Å². The van der Waals surface area contributed by atoms with E-state index in [0.717, 1.165) is 6.07 Å². The maximum absolute atomic E-state index is 12.6. The number of hydrogen-bond acceptors (Lipinski definition) is 2. The molecule has 0 radical (unpaired) electrons. The van der Waals surface area contributed by atoms with E-state index in [1.165, 1.54) is 0 Å². The van der Waals surface area contributed by atoms with E-state index in [9.17, 15) is 23.1 Å². The number of carboxylic acids is 1. The van der Waals surface area contributed by atoms with E-state index in [-0.39, 0.29) is 16.5 Å². The number of carbonyl (C=O) groups is 1. The smallest absolute Gasteiger partial charge is 0.416 e. The number of phenols is 1. The number of alkyl halides is 3. The van der Waals surface area contributed by atoms with Gasteiger partial charge in [0, 0.05) is 15.5 Å². The largest absolute Gasteiger partial charge is 0.508 e. The van der Waals surface area contributed by atoms with Gasteiger partial charge in [-0.15, -0.1) is 0 Å². The van der Waals surface area contributed by atoms with Crippen molar-refractivity contribution >= 4 is 21.9 Å². The first-order chi connectivity index (χ1) is 8.66. The van der Waals surface area contributed by atoms with Crippen LogP contribution in [0.15, 0.2) is 16.6 Å². The molecular weight excluding hydrogens is 329 g/mol. The van der Waals surface area contributed by atoms with Gasteiger partial charge in [-0.2, -0.15) is 13.2 Å². The van der Waals surface area contributed by atoms with Gasteiger partial charge < -0.3 is 10.2 Å². The van der Waals surface area contributed by atoms with Crippen LogP contribution in [0.4, 0.5) is 13.2 Å². The van der Waals surface area contributed by atoms with Crippen molar-refractivity contribution in [2.45, 2.75) is 30.9 Å². The first-order valence-corrected chi connectivity index (χ1v) is 6.27. The molecule has 0 aliphatic heterocycles. The average Bonchev–Trinajstić information content (AvgIpc) is 2.94. The van der Waals surface area contributed by atoms with E-state index in [0.29, 0.717) is 18.9 Å². The summed E-state index contributed by atoms with van der Waals surface area (Å²) in [7, 11) is 0. The molecule has 1 saturated carbocycles. The second-order valence-electron chi connectivity index (χ2n) is 4.70. The lowest BCUT2D eigenvalue weighted by Gasteiger charge is -2.18. The van der Waals surface area contributed by atoms with Crippen LogP contribution in [0.5, 0.6) is 5.75 Å². The Hall–Kier alpha value is -1.24. The van der Waals surface area contributed by atoms with Crippen LogP contribution in [0.3, 0.4) is 0 Å². The molecule has 1 aliphatic carbocycles. The van der Waals surface area contributed by atoms with Gasteiger partial charge in [0.15, 0.2) is 0 Å². The average molecular weight is 339 g/mol. The van der Waals surface area contributed by atoms with Gasteiger partial charge in [0.05, 0.1) is 12.0 Å². The van der Waals surface area contributed by atoms with Crippen molar-refractivity contribution in [3.63, 3.8) is 0 Å². The fourth-order valence-corrected chi connectivity index (χ4v) is 3.11. The van der Waals surface area contributed by atoms with Crippen LogP contribution in [0.2, 0.25) is 0 Å². The van der Waals surface area contributed by atoms with Crippen LogP contribution in [0, 0.1) is 0 Å². The highest BCUT2D eigenvalue weighted by Crippen LogP contribution is 2.56. The van der Waals surface area contributed by atoms with Crippen LogP contribution in [0.25, 0.3) is 0 Å². The summed E-state index contributed by atoms with van der Waals surface area (Å²) >= 11 is 3.00. The highest BCUT2D eigenvalue weighted by Gasteiger charge is 2.49. The zero-order valence-electron chi connectivity index (χ0n) is 9.59. The molecule has 1 fully saturated rings. The number of halogens is 4. The molecular formula is C12H10BrF3O3. The Kier molecular flexibility index (Phi) is 3.28. The van der Waals surface area contributed by atoms with Crippen molar-refractivity contribution in [3.05, 3.63) is 27.7 Å². The summed E-state index contributed by atoms with van der Waals surface area (Å²) in [6.07, 6.45) is -3.68. The molecule has 1 aliphatic rings. The molecule has 0 bridgehead atoms. The minimum atomic E-state index is -4.55. The summed E-state index contributed by atoms with van der Waals surface area (Å²) in [5.74, 6) is -1.55. The van der Waals surface area contributed by atoms with Crippen molar-refractivity contribution in [1.29, 1.82) is 0 Å². The van der Waals surface area contributed by atoms with Crippen molar-refractivity contribution in [3.8, 4) is 5.75 Å². The molecule has 104 valence electrons. The van der Waals surface area contributed by atoms with Gasteiger partial charge >= 0.3 is 12.1 Å². The minimum absolute atomic E-state index is 0.0959. The molecule has 7 heteroatoms. The number of rotatable bonds is 3. The summed E-state index contributed by atoms with van der Waals surface area (Å²) in [5.41, 5.74) is -1.46. The number of benzene rings is 1. The Morgan fingerprint density at radius 2 is 1.95 bits per heavy atom. The molecule has 0 heterocycles. The van der Waals surface area contributed by atoms with Crippen LogP contribution in [-0.2, 0) is 16.4 Å². The van der Waals surface area contributed by atoms with Crippen LogP contribution >= 0.6 is 15.9 Å². The summed E-state index contributed by atoms with van der Waals surface area (Å²) in [4.78, 5) is 10.8. The highest BCUT2D eigenvalue weighted by molar-refractivity contribution is 9.10. The number of carboxylic acid groups (broad SMARTS) is 1. The van der Waals surface area contributed by atoms with Gasteiger partial charge in [-0.3, -0.25) is 4.79 Å². The summed E-state index contributed by atoms with van der Waals surface area (Å²) in [6.45, 7) is 0. The van der Waals surface area contributed by atoms with E-state index < -0.39 is 28.9 Å². The normalized spacial score (nSPS) is 17.3. The first kappa shape index (κ1) is 14.2. The topological polar surface area (TPSA) is 57.5 Å². The number of hydrogen-bond donors (Lipinski definition) is 2. The van der Waals surface area contributed by atoms with Gasteiger partial charge in [-0.05, 0) is 25.0 Å². The summed E-state index contributed by atoms with van der Waals surface area (Å²) in [6, 6.07) is 1.51. The van der Waals surface area contributed by atoms with Crippen molar-refractivity contribution < 1.29 is 28.2 Å². The van der Waals surface area contributed by atoms with E-state index in [2.05, 4.69) is 15.9 Å². The Balaban J connectivity index is 2.46. The first-order valence-electron chi connectivity index (χ1n) is 5.48. The lowest BCUT2D eigenvalue weighted by atomic mass is 9.90. The van der Waals surface area contributed by atoms with E-state index in [4.69, 9.17) is 5.11 Å².